The Morgan fingerprint density at radius 1 is 1.10 bits per heavy atom. The van der Waals surface area contributed by atoms with E-state index in [9.17, 15) is 24.0 Å². The molecule has 4 aliphatic heterocycles. The average Bonchev–Trinajstić information content (AvgIpc) is 3.65. The Kier molecular flexibility index (Phi) is 7.88. The van der Waals surface area contributed by atoms with Crippen LogP contribution in [-0.2, 0) is 30.5 Å². The summed E-state index contributed by atoms with van der Waals surface area (Å²) in [5, 5.41) is 8.73. The van der Waals surface area contributed by atoms with E-state index < -0.39 is 24.2 Å². The lowest BCUT2D eigenvalue weighted by Gasteiger charge is -2.35. The van der Waals surface area contributed by atoms with Crippen LogP contribution in [0.25, 0.3) is 0 Å². The Morgan fingerprint density at radius 2 is 1.90 bits per heavy atom. The molecule has 210 valence electrons. The summed E-state index contributed by atoms with van der Waals surface area (Å²) in [5.74, 6) is -1.24. The van der Waals surface area contributed by atoms with Gasteiger partial charge in [0.15, 0.2) is 0 Å². The van der Waals surface area contributed by atoms with Crippen LogP contribution in [0.4, 0.5) is 0 Å². The van der Waals surface area contributed by atoms with Gasteiger partial charge < -0.3 is 30.5 Å². The number of nitrogens with zero attached hydrogens (tertiary/aromatic N) is 2. The molecular weight excluding hydrogens is 502 g/mol. The molecule has 0 spiro atoms. The molecule has 39 heavy (non-hydrogen) atoms. The number of amides is 4. The van der Waals surface area contributed by atoms with Gasteiger partial charge in [-0.3, -0.25) is 19.2 Å². The Morgan fingerprint density at radius 3 is 2.64 bits per heavy atom. The minimum atomic E-state index is -0.648. The van der Waals surface area contributed by atoms with Crippen LogP contribution in [0.5, 0.6) is 0 Å². The van der Waals surface area contributed by atoms with E-state index in [1.54, 1.807) is 42.0 Å². The summed E-state index contributed by atoms with van der Waals surface area (Å²) in [5.41, 5.74) is 1.21. The number of rotatable bonds is 7. The largest absolute Gasteiger partial charge is 0.459 e. The third-order valence-corrected chi connectivity index (χ3v) is 8.50. The number of ether oxygens (including phenoxy) is 1. The molecule has 4 aliphatic rings. The number of fused-ring (bicyclic) bond motifs is 3. The summed E-state index contributed by atoms with van der Waals surface area (Å²) in [7, 11) is 1.69. The van der Waals surface area contributed by atoms with Gasteiger partial charge in [0.05, 0.1) is 12.6 Å². The van der Waals surface area contributed by atoms with Crippen molar-refractivity contribution < 1.29 is 28.7 Å². The first-order valence-electron chi connectivity index (χ1n) is 13.9. The SMILES string of the molecule is CN[C@@H](C)C(=O)NC1CCCC[C@H]2CCC(C(=O)NCc3cccc(C(=O)N4C[C@H]5C[C@@H]4C(=O)O5)c3)N2C1=O. The monoisotopic (exact) mass is 539 g/mol. The number of carbonyl (C=O) groups excluding carboxylic acids is 5. The minimum absolute atomic E-state index is 0.0156. The number of likely N-dealkylation sites (tertiary alicyclic amines) is 1. The standard InChI is InChI=1S/C28H37N5O6/c1-16(29-2)24(34)31-21-9-4-3-8-19-10-11-22(33(19)27(21)37)25(35)30-14-17-6-5-7-18(12-17)26(36)32-15-20-13-23(32)28(38)39-20/h5-7,12,16,19-23,29H,3-4,8-11,13-15H2,1-2H3,(H,30,35)(H,31,34)/t16-,19-,20+,21?,22?,23+/m0/s1. The van der Waals surface area contributed by atoms with Crippen LogP contribution >= 0.6 is 0 Å². The lowest BCUT2D eigenvalue weighted by molar-refractivity contribution is -0.149. The summed E-state index contributed by atoms with van der Waals surface area (Å²) in [6.07, 6.45) is 4.82. The zero-order chi connectivity index (χ0) is 27.7. The van der Waals surface area contributed by atoms with Crippen molar-refractivity contribution in [1.82, 2.24) is 25.8 Å². The molecule has 4 heterocycles. The van der Waals surface area contributed by atoms with Gasteiger partial charge in [0, 0.05) is 24.6 Å². The van der Waals surface area contributed by atoms with Crippen molar-refractivity contribution in [2.75, 3.05) is 13.6 Å². The number of nitrogens with one attached hydrogen (secondary N) is 3. The second kappa shape index (κ2) is 11.3. The van der Waals surface area contributed by atoms with Gasteiger partial charge in [0.25, 0.3) is 5.91 Å². The van der Waals surface area contributed by atoms with Crippen LogP contribution in [0.1, 0.15) is 67.8 Å². The highest BCUT2D eigenvalue weighted by atomic mass is 16.6. The molecule has 1 aromatic rings. The molecular formula is C28H37N5O6. The van der Waals surface area contributed by atoms with Crippen LogP contribution in [-0.4, -0.2) is 89.3 Å². The van der Waals surface area contributed by atoms with Crippen molar-refractivity contribution in [2.45, 2.75) is 94.7 Å². The molecule has 0 radical (unpaired) electrons. The molecule has 0 aliphatic carbocycles. The maximum absolute atomic E-state index is 13.6. The third-order valence-electron chi connectivity index (χ3n) is 8.50. The van der Waals surface area contributed by atoms with E-state index >= 15 is 0 Å². The van der Waals surface area contributed by atoms with E-state index in [1.807, 2.05) is 6.07 Å². The summed E-state index contributed by atoms with van der Waals surface area (Å²) in [4.78, 5) is 67.6. The number of morpholine rings is 1. The summed E-state index contributed by atoms with van der Waals surface area (Å²) >= 11 is 0. The van der Waals surface area contributed by atoms with Gasteiger partial charge in [-0.2, -0.15) is 0 Å². The Hall–Kier alpha value is -3.47. The molecule has 2 bridgehead atoms. The van der Waals surface area contributed by atoms with Crippen molar-refractivity contribution in [3.05, 3.63) is 35.4 Å². The van der Waals surface area contributed by atoms with E-state index in [1.165, 1.54) is 0 Å². The van der Waals surface area contributed by atoms with Crippen LogP contribution in [0.15, 0.2) is 24.3 Å². The number of benzene rings is 1. The van der Waals surface area contributed by atoms with E-state index in [0.29, 0.717) is 31.4 Å². The molecule has 4 amide bonds. The quantitative estimate of drug-likeness (QED) is 0.429. The zero-order valence-electron chi connectivity index (χ0n) is 22.5. The first kappa shape index (κ1) is 27.1. The van der Waals surface area contributed by atoms with E-state index in [4.69, 9.17) is 4.74 Å². The molecule has 2 unspecified atom stereocenters. The average molecular weight is 540 g/mol. The molecule has 0 aromatic heterocycles. The number of likely N-dealkylation sites (N-methyl/N-ethyl adjacent to an activating group) is 1. The predicted octanol–water partition coefficient (Wildman–Crippen LogP) is 0.469. The molecule has 3 N–H and O–H groups in total. The first-order valence-corrected chi connectivity index (χ1v) is 13.9. The van der Waals surface area contributed by atoms with Gasteiger partial charge in [-0.15, -0.1) is 0 Å². The zero-order valence-corrected chi connectivity index (χ0v) is 22.5. The predicted molar refractivity (Wildman–Crippen MR) is 140 cm³/mol. The fourth-order valence-electron chi connectivity index (χ4n) is 6.21. The highest BCUT2D eigenvalue weighted by molar-refractivity contribution is 5.98. The topological polar surface area (TPSA) is 137 Å². The highest BCUT2D eigenvalue weighted by Gasteiger charge is 2.48. The normalized spacial score (nSPS) is 28.8. The Labute approximate surface area is 228 Å². The third kappa shape index (κ3) is 5.50. The van der Waals surface area contributed by atoms with Gasteiger partial charge >= 0.3 is 5.97 Å². The van der Waals surface area contributed by atoms with Crippen molar-refractivity contribution in [3.63, 3.8) is 0 Å². The van der Waals surface area contributed by atoms with Crippen LogP contribution < -0.4 is 16.0 Å². The van der Waals surface area contributed by atoms with Crippen LogP contribution in [0.3, 0.4) is 0 Å². The Bertz CT molecular complexity index is 1160. The second-order valence-electron chi connectivity index (χ2n) is 11.0. The molecule has 6 atom stereocenters. The summed E-state index contributed by atoms with van der Waals surface area (Å²) in [6, 6.07) is 4.81. The van der Waals surface area contributed by atoms with Gasteiger partial charge in [-0.05, 0) is 57.4 Å². The minimum Gasteiger partial charge on any atom is -0.459 e. The van der Waals surface area contributed by atoms with E-state index in [-0.39, 0.29) is 48.3 Å². The molecule has 11 heteroatoms. The summed E-state index contributed by atoms with van der Waals surface area (Å²) < 4.78 is 5.18. The molecule has 4 fully saturated rings. The Balaban J connectivity index is 1.22. The number of hydrogen-bond acceptors (Lipinski definition) is 7. The van der Waals surface area contributed by atoms with E-state index in [2.05, 4.69) is 16.0 Å². The van der Waals surface area contributed by atoms with Crippen LogP contribution in [0.2, 0.25) is 0 Å². The smallest absolute Gasteiger partial charge is 0.329 e. The van der Waals surface area contributed by atoms with Crippen molar-refractivity contribution in [3.8, 4) is 0 Å². The van der Waals surface area contributed by atoms with Crippen LogP contribution in [0, 0.1) is 0 Å². The molecule has 11 nitrogen and oxygen atoms in total. The lowest BCUT2D eigenvalue weighted by atomic mass is 9.98. The van der Waals surface area contributed by atoms with Crippen molar-refractivity contribution in [1.29, 1.82) is 0 Å². The molecule has 1 aromatic carbocycles. The maximum Gasteiger partial charge on any atom is 0.329 e. The van der Waals surface area contributed by atoms with Crippen molar-refractivity contribution in [2.24, 2.45) is 0 Å². The van der Waals surface area contributed by atoms with Gasteiger partial charge in [0.1, 0.15) is 24.2 Å². The highest BCUT2D eigenvalue weighted by Crippen LogP contribution is 2.32. The van der Waals surface area contributed by atoms with Gasteiger partial charge in [-0.1, -0.05) is 25.0 Å². The fourth-order valence-corrected chi connectivity index (χ4v) is 6.21. The van der Waals surface area contributed by atoms with Gasteiger partial charge in [-0.25, -0.2) is 4.79 Å². The molecule has 0 saturated carbocycles. The summed E-state index contributed by atoms with van der Waals surface area (Å²) in [6.45, 7) is 2.35. The molecule has 5 rings (SSSR count). The number of esters is 1. The number of carbonyl (C=O) groups is 5. The lowest BCUT2D eigenvalue weighted by Crippen LogP contribution is -2.57. The number of hydrogen-bond donors (Lipinski definition) is 3. The molecule has 4 saturated heterocycles. The maximum atomic E-state index is 13.6. The van der Waals surface area contributed by atoms with Crippen molar-refractivity contribution >= 4 is 29.6 Å². The van der Waals surface area contributed by atoms with E-state index in [0.717, 1.165) is 31.2 Å². The second-order valence-corrected chi connectivity index (χ2v) is 11.0. The first-order chi connectivity index (χ1) is 18.8. The fraction of sp³-hybridized carbons (Fsp3) is 0.607. The van der Waals surface area contributed by atoms with Gasteiger partial charge in [0.2, 0.25) is 17.7 Å².